The van der Waals surface area contributed by atoms with Crippen molar-refractivity contribution >= 4 is 17.9 Å². The number of hydrogen-bond donors (Lipinski definition) is 2. The minimum atomic E-state index is -0.965. The van der Waals surface area contributed by atoms with Crippen molar-refractivity contribution in [1.29, 1.82) is 0 Å². The maximum atomic E-state index is 14.5. The molecule has 0 radical (unpaired) electrons. The largest absolute Gasteiger partial charge is 0.444 e. The van der Waals surface area contributed by atoms with Crippen molar-refractivity contribution in [1.82, 2.24) is 15.5 Å². The number of carbonyl (C=O) groups is 3. The van der Waals surface area contributed by atoms with Gasteiger partial charge in [0, 0.05) is 25.1 Å². The lowest BCUT2D eigenvalue weighted by Crippen LogP contribution is -2.54. The molecule has 3 aromatic rings. The molecule has 2 atom stereocenters. The molecule has 3 amide bonds. The summed E-state index contributed by atoms with van der Waals surface area (Å²) >= 11 is 0. The zero-order valence-electron chi connectivity index (χ0n) is 25.6. The Bertz CT molecular complexity index is 1360. The molecule has 2 unspecified atom stereocenters. The highest BCUT2D eigenvalue weighted by Gasteiger charge is 2.36. The average Bonchev–Trinajstić information content (AvgIpc) is 2.99. The van der Waals surface area contributed by atoms with Crippen molar-refractivity contribution in [3.05, 3.63) is 107 Å². The molecule has 0 aliphatic heterocycles. The SMILES string of the molecule is C#Cc1ccc(C(C(=O)NCc2ccccc2)N(CCCCC)C(=O)C(Cc2ccccc2)NC(=O)OC(C)(C)C)cc1. The molecule has 3 aromatic carbocycles. The zero-order chi connectivity index (χ0) is 31.2. The van der Waals surface area contributed by atoms with Gasteiger partial charge >= 0.3 is 6.09 Å². The number of ether oxygens (including phenoxy) is 1. The summed E-state index contributed by atoms with van der Waals surface area (Å²) < 4.78 is 5.52. The van der Waals surface area contributed by atoms with E-state index in [9.17, 15) is 14.4 Å². The Morgan fingerprint density at radius 1 is 0.884 bits per heavy atom. The highest BCUT2D eigenvalue weighted by molar-refractivity contribution is 5.92. The number of benzene rings is 3. The van der Waals surface area contributed by atoms with Crippen LogP contribution in [0.2, 0.25) is 0 Å². The van der Waals surface area contributed by atoms with E-state index in [1.807, 2.05) is 60.7 Å². The number of hydrogen-bond acceptors (Lipinski definition) is 4. The van der Waals surface area contributed by atoms with E-state index >= 15 is 0 Å². The van der Waals surface area contributed by atoms with E-state index in [1.165, 1.54) is 0 Å². The van der Waals surface area contributed by atoms with Crippen LogP contribution in [0.1, 0.15) is 75.3 Å². The van der Waals surface area contributed by atoms with Crippen molar-refractivity contribution < 1.29 is 19.1 Å². The van der Waals surface area contributed by atoms with E-state index in [2.05, 4.69) is 23.5 Å². The van der Waals surface area contributed by atoms with Crippen molar-refractivity contribution in [3.63, 3.8) is 0 Å². The lowest BCUT2D eigenvalue weighted by molar-refractivity contribution is -0.142. The minimum absolute atomic E-state index is 0.234. The predicted octanol–water partition coefficient (Wildman–Crippen LogP) is 6.18. The van der Waals surface area contributed by atoms with Gasteiger partial charge in [0.05, 0.1) is 0 Å². The fraction of sp³-hybridized carbons (Fsp3) is 0.361. The van der Waals surface area contributed by atoms with Crippen LogP contribution in [0.15, 0.2) is 84.9 Å². The quantitative estimate of drug-likeness (QED) is 0.186. The molecular formula is C36H43N3O4. The number of nitrogens with one attached hydrogen (secondary N) is 2. The molecule has 0 saturated heterocycles. The monoisotopic (exact) mass is 581 g/mol. The number of carbonyl (C=O) groups excluding carboxylic acids is 3. The van der Waals surface area contributed by atoms with Crippen LogP contribution >= 0.6 is 0 Å². The first kappa shape index (κ1) is 32.9. The molecule has 0 bridgehead atoms. The summed E-state index contributed by atoms with van der Waals surface area (Å²) in [6.07, 6.45) is 7.64. The molecule has 7 nitrogen and oxygen atoms in total. The number of terminal acetylenes is 1. The highest BCUT2D eigenvalue weighted by atomic mass is 16.6. The molecule has 0 heterocycles. The Labute approximate surface area is 256 Å². The Balaban J connectivity index is 2.02. The summed E-state index contributed by atoms with van der Waals surface area (Å²) in [7, 11) is 0. The van der Waals surface area contributed by atoms with Gasteiger partial charge in [-0.25, -0.2) is 4.79 Å². The molecule has 0 aromatic heterocycles. The van der Waals surface area contributed by atoms with Gasteiger partial charge in [-0.2, -0.15) is 0 Å². The van der Waals surface area contributed by atoms with Crippen molar-refractivity contribution in [2.75, 3.05) is 6.54 Å². The highest BCUT2D eigenvalue weighted by Crippen LogP contribution is 2.25. The van der Waals surface area contributed by atoms with E-state index in [0.717, 1.165) is 24.0 Å². The third-order valence-corrected chi connectivity index (χ3v) is 6.82. The average molecular weight is 582 g/mol. The van der Waals surface area contributed by atoms with Gasteiger partial charge in [0.2, 0.25) is 11.8 Å². The summed E-state index contributed by atoms with van der Waals surface area (Å²) in [6.45, 7) is 8.02. The Hall–Kier alpha value is -4.57. The van der Waals surface area contributed by atoms with Crippen LogP contribution in [0, 0.1) is 12.3 Å². The van der Waals surface area contributed by atoms with Crippen molar-refractivity contribution in [2.45, 2.75) is 77.6 Å². The molecule has 2 N–H and O–H groups in total. The van der Waals surface area contributed by atoms with Crippen LogP contribution in [0.25, 0.3) is 0 Å². The molecule has 3 rings (SSSR count). The number of nitrogens with zero attached hydrogens (tertiary/aromatic N) is 1. The predicted molar refractivity (Wildman–Crippen MR) is 170 cm³/mol. The first-order valence-corrected chi connectivity index (χ1v) is 14.8. The summed E-state index contributed by atoms with van der Waals surface area (Å²) in [6, 6.07) is 24.3. The Morgan fingerprint density at radius 3 is 2.05 bits per heavy atom. The third kappa shape index (κ3) is 10.6. The zero-order valence-corrected chi connectivity index (χ0v) is 25.6. The smallest absolute Gasteiger partial charge is 0.408 e. The lowest BCUT2D eigenvalue weighted by Gasteiger charge is -2.34. The molecule has 0 saturated carbocycles. The summed E-state index contributed by atoms with van der Waals surface area (Å²) in [5, 5.41) is 5.83. The topological polar surface area (TPSA) is 87.7 Å². The van der Waals surface area contributed by atoms with Crippen molar-refractivity contribution in [2.24, 2.45) is 0 Å². The molecule has 0 aliphatic carbocycles. The van der Waals surface area contributed by atoms with Crippen LogP contribution in [-0.2, 0) is 27.3 Å². The minimum Gasteiger partial charge on any atom is -0.444 e. The fourth-order valence-corrected chi connectivity index (χ4v) is 4.71. The first-order chi connectivity index (χ1) is 20.6. The van der Waals surface area contributed by atoms with E-state index < -0.39 is 23.8 Å². The van der Waals surface area contributed by atoms with Crippen LogP contribution < -0.4 is 10.6 Å². The van der Waals surface area contributed by atoms with Gasteiger partial charge in [-0.05, 0) is 56.0 Å². The Kier molecular flexibility index (Phi) is 12.4. The maximum Gasteiger partial charge on any atom is 0.408 e. The maximum absolute atomic E-state index is 14.5. The van der Waals surface area contributed by atoms with Gasteiger partial charge in [-0.1, -0.05) is 98.5 Å². The third-order valence-electron chi connectivity index (χ3n) is 6.82. The van der Waals surface area contributed by atoms with Gasteiger partial charge in [-0.15, -0.1) is 6.42 Å². The molecule has 7 heteroatoms. The van der Waals surface area contributed by atoms with E-state index in [1.54, 1.807) is 49.9 Å². The van der Waals surface area contributed by atoms with Crippen LogP contribution in [-0.4, -0.2) is 41.0 Å². The van der Waals surface area contributed by atoms with E-state index in [4.69, 9.17) is 11.2 Å². The molecule has 0 aliphatic rings. The summed E-state index contributed by atoms with van der Waals surface area (Å²) in [5.74, 6) is 1.92. The Morgan fingerprint density at radius 2 is 1.49 bits per heavy atom. The van der Waals surface area contributed by atoms with Crippen molar-refractivity contribution in [3.8, 4) is 12.3 Å². The van der Waals surface area contributed by atoms with E-state index in [0.29, 0.717) is 30.6 Å². The van der Waals surface area contributed by atoms with E-state index in [-0.39, 0.29) is 18.2 Å². The van der Waals surface area contributed by atoms with Crippen LogP contribution in [0.3, 0.4) is 0 Å². The molecule has 226 valence electrons. The van der Waals surface area contributed by atoms with Gasteiger partial charge < -0.3 is 20.3 Å². The first-order valence-electron chi connectivity index (χ1n) is 14.8. The van der Waals surface area contributed by atoms with Gasteiger partial charge in [0.25, 0.3) is 0 Å². The second-order valence-corrected chi connectivity index (χ2v) is 11.5. The molecule has 0 fully saturated rings. The van der Waals surface area contributed by atoms with Gasteiger partial charge in [0.15, 0.2) is 0 Å². The molecule has 43 heavy (non-hydrogen) atoms. The summed E-state index contributed by atoms with van der Waals surface area (Å²) in [4.78, 5) is 43.0. The summed E-state index contributed by atoms with van der Waals surface area (Å²) in [5.41, 5.74) is 2.36. The van der Waals surface area contributed by atoms with Crippen LogP contribution in [0.5, 0.6) is 0 Å². The van der Waals surface area contributed by atoms with Gasteiger partial charge in [-0.3, -0.25) is 9.59 Å². The molecule has 0 spiro atoms. The number of alkyl carbamates (subject to hydrolysis) is 1. The standard InChI is InChI=1S/C36H43N3O4/c1-6-8-15-24-39(34(41)31(25-28-16-11-9-12-17-28)38-35(42)43-36(3,4)5)32(30-22-20-27(7-2)21-23-30)33(40)37-26-29-18-13-10-14-19-29/h2,9-14,16-23,31-32H,6,8,15,24-26H2,1,3-5H3,(H,37,40)(H,38,42). The molecular weight excluding hydrogens is 538 g/mol. The normalized spacial score (nSPS) is 12.3. The second kappa shape index (κ2) is 16.2. The number of unbranched alkanes of at least 4 members (excludes halogenated alkanes) is 2. The number of amides is 3. The fourth-order valence-electron chi connectivity index (χ4n) is 4.71. The van der Waals surface area contributed by atoms with Gasteiger partial charge in [0.1, 0.15) is 17.7 Å². The number of rotatable bonds is 13. The lowest BCUT2D eigenvalue weighted by atomic mass is 9.99. The second-order valence-electron chi connectivity index (χ2n) is 11.5. The van der Waals surface area contributed by atoms with Crippen LogP contribution in [0.4, 0.5) is 4.79 Å².